The van der Waals surface area contributed by atoms with Gasteiger partial charge < -0.3 is 9.51 Å². The number of benzene rings is 4. The molecule has 5 nitrogen and oxygen atoms in total. The lowest BCUT2D eigenvalue weighted by atomic mass is 9.67. The van der Waals surface area contributed by atoms with Gasteiger partial charge in [0, 0.05) is 23.5 Å². The molecule has 0 bridgehead atoms. The third-order valence-corrected chi connectivity index (χ3v) is 10.4. The molecule has 8 rings (SSSR count). The van der Waals surface area contributed by atoms with Gasteiger partial charge in [-0.05, 0) is 92.2 Å². The first-order valence-electron chi connectivity index (χ1n) is 17.4. The smallest absolute Gasteiger partial charge is 0.137 e. The molecule has 3 aromatic heterocycles. The number of pyridine rings is 2. The molecule has 0 aliphatic heterocycles. The molecule has 250 valence electrons. The number of imidazole rings is 1. The van der Waals surface area contributed by atoms with E-state index in [4.69, 9.17) is 9.97 Å². The highest BCUT2D eigenvalue weighted by Gasteiger charge is 2.48. The summed E-state index contributed by atoms with van der Waals surface area (Å²) in [6, 6.07) is 42.1. The van der Waals surface area contributed by atoms with Crippen LogP contribution in [0.4, 0.5) is 0 Å². The molecule has 0 radical (unpaired) electrons. The lowest BCUT2D eigenvalue weighted by Crippen LogP contribution is -2.31. The van der Waals surface area contributed by atoms with E-state index in [0.717, 1.165) is 28.2 Å². The van der Waals surface area contributed by atoms with Gasteiger partial charge in [-0.15, -0.1) is 0 Å². The maximum atomic E-state index is 11.0. The van der Waals surface area contributed by atoms with Gasteiger partial charge in [-0.25, -0.2) is 4.98 Å². The molecule has 3 heterocycles. The van der Waals surface area contributed by atoms with E-state index >= 15 is 0 Å². The lowest BCUT2D eigenvalue weighted by Gasteiger charge is -2.35. The Morgan fingerprint density at radius 1 is 0.627 bits per heavy atom. The van der Waals surface area contributed by atoms with Crippen LogP contribution in [0.25, 0.3) is 39.3 Å². The fourth-order valence-electron chi connectivity index (χ4n) is 7.58. The predicted octanol–water partition coefficient (Wildman–Crippen LogP) is 10.6. The molecule has 0 saturated carbocycles. The minimum absolute atomic E-state index is 0.0854. The minimum atomic E-state index is -0.795. The average molecular weight is 665 g/mol. The zero-order chi connectivity index (χ0) is 35.7. The van der Waals surface area contributed by atoms with E-state index < -0.39 is 5.41 Å². The molecule has 0 amide bonds. The van der Waals surface area contributed by atoms with E-state index in [1.807, 2.05) is 47.1 Å². The summed E-state index contributed by atoms with van der Waals surface area (Å²) in [7, 11) is 0. The van der Waals surface area contributed by atoms with E-state index in [0.29, 0.717) is 16.8 Å². The largest absolute Gasteiger partial charge is 0.507 e. The number of phenolic OH excluding ortho intramolecular Hbond substituents is 1. The van der Waals surface area contributed by atoms with Crippen molar-refractivity contribution in [2.45, 2.75) is 57.8 Å². The molecule has 4 aromatic carbocycles. The standard InChI is InChI=1S/C46H40N4O/c1-44(2,3)31-18-20-34-35-21-19-32(45(4,5)6)25-38(35)46(37(34)24-31,42-16-10-14-39(48-42)36-13-7-8-15-41(36)51)33-12-9-11-30(23-33)40-28-50-27-29(26-47)17-22-43(50)49-40/h7-25,27-28,51H,1-6H3. The number of fused-ring (bicyclic) bond motifs is 4. The summed E-state index contributed by atoms with van der Waals surface area (Å²) in [6.45, 7) is 13.6. The van der Waals surface area contributed by atoms with Crippen LogP contribution < -0.4 is 0 Å². The van der Waals surface area contributed by atoms with Crippen molar-refractivity contribution in [1.29, 1.82) is 5.26 Å². The van der Waals surface area contributed by atoms with Crippen LogP contribution in [0.2, 0.25) is 0 Å². The van der Waals surface area contributed by atoms with Crippen molar-refractivity contribution in [2.24, 2.45) is 0 Å². The van der Waals surface area contributed by atoms with Crippen LogP contribution in [0, 0.1) is 11.3 Å². The first-order chi connectivity index (χ1) is 24.4. The van der Waals surface area contributed by atoms with E-state index in [9.17, 15) is 10.4 Å². The van der Waals surface area contributed by atoms with E-state index in [-0.39, 0.29) is 16.6 Å². The Hall–Kier alpha value is -5.99. The molecule has 0 unspecified atom stereocenters. The quantitative estimate of drug-likeness (QED) is 0.203. The monoisotopic (exact) mass is 664 g/mol. The van der Waals surface area contributed by atoms with Crippen molar-refractivity contribution >= 4 is 5.65 Å². The first kappa shape index (κ1) is 32.2. The number of hydrogen-bond donors (Lipinski definition) is 1. The normalized spacial score (nSPS) is 13.5. The number of rotatable bonds is 4. The van der Waals surface area contributed by atoms with Gasteiger partial charge in [-0.3, -0.25) is 4.98 Å². The van der Waals surface area contributed by atoms with Gasteiger partial charge in [0.1, 0.15) is 17.5 Å². The third-order valence-electron chi connectivity index (χ3n) is 10.4. The second-order valence-corrected chi connectivity index (χ2v) is 15.7. The van der Waals surface area contributed by atoms with Crippen LogP contribution in [-0.4, -0.2) is 19.5 Å². The molecule has 0 atom stereocenters. The van der Waals surface area contributed by atoms with Gasteiger partial charge >= 0.3 is 0 Å². The van der Waals surface area contributed by atoms with Crippen molar-refractivity contribution in [2.75, 3.05) is 0 Å². The molecule has 5 heteroatoms. The van der Waals surface area contributed by atoms with Gasteiger partial charge in [-0.2, -0.15) is 5.26 Å². The fourth-order valence-corrected chi connectivity index (χ4v) is 7.58. The SMILES string of the molecule is CC(C)(C)c1ccc2c(c1)C(c1cccc(-c3cn4cc(C#N)ccc4n3)c1)(c1cccc(-c3ccccc3O)n1)c1cc(C(C)(C)C)ccc1-2. The molecule has 0 saturated heterocycles. The van der Waals surface area contributed by atoms with Crippen LogP contribution in [0.1, 0.15) is 80.6 Å². The molecular weight excluding hydrogens is 625 g/mol. The second-order valence-electron chi connectivity index (χ2n) is 15.7. The number of para-hydroxylation sites is 1. The summed E-state index contributed by atoms with van der Waals surface area (Å²) in [5.41, 5.74) is 12.8. The van der Waals surface area contributed by atoms with Gasteiger partial charge in [0.15, 0.2) is 0 Å². The number of nitrogens with zero attached hydrogens (tertiary/aromatic N) is 4. The Bertz CT molecular complexity index is 2470. The summed E-state index contributed by atoms with van der Waals surface area (Å²) < 4.78 is 1.92. The van der Waals surface area contributed by atoms with Crippen LogP contribution in [0.15, 0.2) is 128 Å². The van der Waals surface area contributed by atoms with Gasteiger partial charge in [0.25, 0.3) is 0 Å². The average Bonchev–Trinajstić information content (AvgIpc) is 3.68. The Kier molecular flexibility index (Phi) is 7.29. The first-order valence-corrected chi connectivity index (χ1v) is 17.4. The van der Waals surface area contributed by atoms with Crippen molar-refractivity contribution in [3.05, 3.63) is 167 Å². The van der Waals surface area contributed by atoms with Crippen LogP contribution in [0.3, 0.4) is 0 Å². The Labute approximate surface area is 299 Å². The van der Waals surface area contributed by atoms with Gasteiger partial charge in [-0.1, -0.05) is 114 Å². The summed E-state index contributed by atoms with van der Waals surface area (Å²) >= 11 is 0. The van der Waals surface area contributed by atoms with Crippen molar-refractivity contribution in [3.8, 4) is 45.5 Å². The molecule has 1 N–H and O–H groups in total. The topological polar surface area (TPSA) is 74.2 Å². The Morgan fingerprint density at radius 3 is 1.94 bits per heavy atom. The molecular formula is C46H40N4O. The molecule has 0 fully saturated rings. The Balaban J connectivity index is 1.48. The molecule has 1 aliphatic carbocycles. The predicted molar refractivity (Wildman–Crippen MR) is 205 cm³/mol. The van der Waals surface area contributed by atoms with Crippen molar-refractivity contribution in [1.82, 2.24) is 14.4 Å². The number of hydrogen-bond acceptors (Lipinski definition) is 4. The van der Waals surface area contributed by atoms with E-state index in [1.54, 1.807) is 12.1 Å². The molecule has 1 aliphatic rings. The third kappa shape index (κ3) is 5.22. The summed E-state index contributed by atoms with van der Waals surface area (Å²) in [4.78, 5) is 10.4. The number of aromatic hydroxyl groups is 1. The highest BCUT2D eigenvalue weighted by atomic mass is 16.3. The van der Waals surface area contributed by atoms with Crippen LogP contribution >= 0.6 is 0 Å². The molecule has 51 heavy (non-hydrogen) atoms. The van der Waals surface area contributed by atoms with Crippen LogP contribution in [0.5, 0.6) is 5.75 Å². The van der Waals surface area contributed by atoms with E-state index in [1.165, 1.54) is 33.4 Å². The Morgan fingerprint density at radius 2 is 1.29 bits per heavy atom. The lowest BCUT2D eigenvalue weighted by molar-refractivity contribution is 0.477. The molecule has 7 aromatic rings. The zero-order valence-electron chi connectivity index (χ0n) is 29.9. The summed E-state index contributed by atoms with van der Waals surface area (Å²) in [5, 5.41) is 20.5. The van der Waals surface area contributed by atoms with Crippen molar-refractivity contribution < 1.29 is 5.11 Å². The second kappa shape index (κ2) is 11.5. The maximum absolute atomic E-state index is 11.0. The summed E-state index contributed by atoms with van der Waals surface area (Å²) in [6.07, 6.45) is 3.81. The highest BCUT2D eigenvalue weighted by Crippen LogP contribution is 2.57. The number of nitriles is 1. The van der Waals surface area contributed by atoms with Crippen molar-refractivity contribution in [3.63, 3.8) is 0 Å². The van der Waals surface area contributed by atoms with Gasteiger partial charge in [0.05, 0.1) is 28.1 Å². The van der Waals surface area contributed by atoms with E-state index in [2.05, 4.69) is 120 Å². The molecule has 0 spiro atoms. The zero-order valence-corrected chi connectivity index (χ0v) is 29.9. The highest BCUT2D eigenvalue weighted by molar-refractivity contribution is 5.87. The summed E-state index contributed by atoms with van der Waals surface area (Å²) in [5.74, 6) is 0.196. The van der Waals surface area contributed by atoms with Crippen LogP contribution in [-0.2, 0) is 16.2 Å². The van der Waals surface area contributed by atoms with Gasteiger partial charge in [0.2, 0.25) is 0 Å². The number of aromatic nitrogens is 3. The number of phenols is 1. The fraction of sp³-hybridized carbons (Fsp3) is 0.196. The minimum Gasteiger partial charge on any atom is -0.507 e. The maximum Gasteiger partial charge on any atom is 0.137 e.